The molecule has 0 saturated carbocycles. The van der Waals surface area contributed by atoms with Crippen LogP contribution in [0.1, 0.15) is 105 Å². The molecule has 3 heterocycles. The third-order valence-corrected chi connectivity index (χ3v) is 20.5. The van der Waals surface area contributed by atoms with Crippen LogP contribution in [-0.2, 0) is 37.3 Å². The summed E-state index contributed by atoms with van der Waals surface area (Å²) in [5.74, 6) is 1.27. The molecule has 0 N–H and O–H groups in total. The van der Waals surface area contributed by atoms with Crippen LogP contribution in [0.25, 0.3) is 83.4 Å². The van der Waals surface area contributed by atoms with E-state index in [1.165, 1.54) is 0 Å². The number of aromatic nitrogens is 4. The number of para-hydroxylation sites is 2. The van der Waals surface area contributed by atoms with Crippen molar-refractivity contribution in [1.82, 2.24) is 14.1 Å². The third-order valence-electron chi connectivity index (χ3n) is 16.5. The summed E-state index contributed by atoms with van der Waals surface area (Å²) >= 11 is 0. The molecule has 0 fully saturated rings. The summed E-state index contributed by atoms with van der Waals surface area (Å²) in [6.07, 6.45) is 5.52. The summed E-state index contributed by atoms with van der Waals surface area (Å²) in [5, 5.41) is -1.84. The predicted octanol–water partition coefficient (Wildman–Crippen LogP) is 17.9. The average molecular weight is 1400 g/mol. The summed E-state index contributed by atoms with van der Waals surface area (Å²) in [4.78, 5) is 4.87. The molecule has 0 spiro atoms. The summed E-state index contributed by atoms with van der Waals surface area (Å²) in [6, 6.07) is 36.2. The Morgan fingerprint density at radius 3 is 1.64 bits per heavy atom. The van der Waals surface area contributed by atoms with E-state index in [0.29, 0.717) is 39.5 Å². The van der Waals surface area contributed by atoms with Crippen molar-refractivity contribution < 1.29 is 56.4 Å². The van der Waals surface area contributed by atoms with E-state index in [1.54, 1.807) is 47.2 Å². The fourth-order valence-electron chi connectivity index (χ4n) is 11.8. The van der Waals surface area contributed by atoms with E-state index in [0.717, 1.165) is 55.2 Å². The molecule has 0 aliphatic carbocycles. The van der Waals surface area contributed by atoms with Gasteiger partial charge in [0, 0.05) is 44.3 Å². The second kappa shape index (κ2) is 24.1. The Kier molecular flexibility index (Phi) is 11.0. The minimum absolute atomic E-state index is 0. The van der Waals surface area contributed by atoms with Crippen LogP contribution < -0.4 is 30.1 Å². The summed E-state index contributed by atoms with van der Waals surface area (Å²) in [5.41, 5.74) is 8.73. The van der Waals surface area contributed by atoms with E-state index >= 15 is 0 Å². The molecule has 3 aromatic heterocycles. The minimum Gasteiger partial charge on any atom is -0.510 e. The zero-order valence-corrected chi connectivity index (χ0v) is 54.8. The van der Waals surface area contributed by atoms with Gasteiger partial charge < -0.3 is 13.9 Å². The number of hydrogen-bond acceptors (Lipinski definition) is 2. The van der Waals surface area contributed by atoms with E-state index in [4.69, 9.17) is 22.1 Å². The maximum atomic E-state index is 10.8. The van der Waals surface area contributed by atoms with E-state index in [1.807, 2.05) is 83.4 Å². The molecule has 0 radical (unpaired) electrons. The normalized spacial score (nSPS) is 15.1. The standard InChI is InChI=1S/C84H72N4OSi.Pt/c1-82(2,3)62-29-21-27-60(50-62)72-41-25-42-73(61-28-22-30-63(51-61)83(4,5)6)81(72)87-57-86(65-31-24-32-66(55-65)89-67-45-46-75-74-40-19-20-43-76(74)88(78(75)56-67)80-54-64(48-49-85-80)84(7,8)9)79-53-59(44-47-77(79)87)58-26-23-39-71(52-58)90(68-33-13-10-14-34-68,69-35-15-11-16-36-69)70-37-17-12-18-38-70;/h10-54H,1-9H3;/q-2;/i10D,11D,12D,13D,14D,15D,16D,17D,18D,23D,26D,33D,34D,35D,36D,37D,38D,39D,52D;. The van der Waals surface area contributed by atoms with Gasteiger partial charge in [0.05, 0.1) is 42.8 Å². The van der Waals surface area contributed by atoms with Crippen molar-refractivity contribution in [1.29, 1.82) is 0 Å². The number of rotatable bonds is 12. The molecule has 5 nitrogen and oxygen atoms in total. The van der Waals surface area contributed by atoms with Crippen LogP contribution in [0.3, 0.4) is 0 Å². The molecule has 0 unspecified atom stereocenters. The smallest absolute Gasteiger partial charge is 0.268 e. The Balaban J connectivity index is 0.0000106. The van der Waals surface area contributed by atoms with Gasteiger partial charge >= 0.3 is 0 Å². The second-order valence-corrected chi connectivity index (χ2v) is 28.9. The largest absolute Gasteiger partial charge is 0.510 e. The first-order valence-corrected chi connectivity index (χ1v) is 31.7. The Morgan fingerprint density at radius 2 is 1.02 bits per heavy atom. The van der Waals surface area contributed by atoms with Gasteiger partial charge in [-0.05, 0) is 122 Å². The van der Waals surface area contributed by atoms with Crippen LogP contribution in [0.15, 0.2) is 273 Å². The molecule has 91 heavy (non-hydrogen) atoms. The first kappa shape index (κ1) is 41.8. The van der Waals surface area contributed by atoms with E-state index < -0.39 is 149 Å². The molecule has 450 valence electrons. The first-order chi connectivity index (χ1) is 51.4. The van der Waals surface area contributed by atoms with Crippen LogP contribution in [-0.4, -0.2) is 22.2 Å². The van der Waals surface area contributed by atoms with Gasteiger partial charge in [-0.25, -0.2) is 4.98 Å². The van der Waals surface area contributed by atoms with Crippen LogP contribution in [0, 0.1) is 18.5 Å². The molecule has 0 atom stereocenters. The third kappa shape index (κ3) is 11.3. The van der Waals surface area contributed by atoms with Crippen molar-refractivity contribution in [3.63, 3.8) is 0 Å². The van der Waals surface area contributed by atoms with Crippen molar-refractivity contribution >= 4 is 61.7 Å². The number of fused-ring (bicyclic) bond motifs is 4. The molecule has 7 heteroatoms. The average Bonchev–Trinajstić information content (AvgIpc) is 0.827. The van der Waals surface area contributed by atoms with Crippen molar-refractivity contribution in [3.05, 3.63) is 308 Å². The fourth-order valence-corrected chi connectivity index (χ4v) is 15.4. The monoisotopic (exact) mass is 1390 g/mol. The van der Waals surface area contributed by atoms with Gasteiger partial charge in [-0.15, -0.1) is 29.7 Å². The van der Waals surface area contributed by atoms with Crippen molar-refractivity contribution in [2.24, 2.45) is 0 Å². The molecule has 0 saturated heterocycles. The van der Waals surface area contributed by atoms with Crippen LogP contribution in [0.5, 0.6) is 11.5 Å². The molecule has 0 aliphatic rings. The molecular weight excluding hydrogens is 1300 g/mol. The molecule has 14 aromatic rings. The summed E-state index contributed by atoms with van der Waals surface area (Å²) < 4.78 is 193. The van der Waals surface area contributed by atoms with E-state index in [9.17, 15) is 13.7 Å². The molecule has 0 bridgehead atoms. The number of benzene rings is 11. The van der Waals surface area contributed by atoms with Crippen LogP contribution in [0.2, 0.25) is 0 Å². The first-order valence-electron chi connectivity index (χ1n) is 39.2. The summed E-state index contributed by atoms with van der Waals surface area (Å²) in [7, 11) is -6.21. The topological polar surface area (TPSA) is 35.9 Å². The van der Waals surface area contributed by atoms with Gasteiger partial charge in [0.15, 0.2) is 8.07 Å². The Bertz CT molecular complexity index is 5860. The van der Waals surface area contributed by atoms with Gasteiger partial charge in [0.2, 0.25) is 0 Å². The SMILES string of the molecule is [2H]c1c([2H])c([2H])c([Si](c2c([2H])c([2H])c([2H])c([2H])c2[2H])(c2c([2H])c([2H])c([2H])c([2H])c2[2H])c2c([2H])c([2H])c([2H])c(-c3ccc4c(c3)n(-c3[c-]c(Oc5[c-]c6c(cc5)c5ccccc5n6-c5cc(C(C)(C)C)ccn5)ccc3)[c-][n+]4-c3c(-c4cccc(C(C)(C)C)c4)cccc3-c3cccc(C(C)(C)C)c3)c2[2H])c([2H])c1[2H].[Pt]. The Labute approximate surface area is 577 Å². The van der Waals surface area contributed by atoms with Gasteiger partial charge in [-0.2, -0.15) is 18.2 Å². The number of ether oxygens (including phenoxy) is 1. The number of hydrogen-bond donors (Lipinski definition) is 0. The predicted molar refractivity (Wildman–Crippen MR) is 376 cm³/mol. The number of pyridine rings is 1. The zero-order valence-electron chi connectivity index (χ0n) is 70.5. The zero-order chi connectivity index (χ0) is 78.5. The van der Waals surface area contributed by atoms with Crippen LogP contribution in [0.4, 0.5) is 0 Å². The number of imidazole rings is 1. The quantitative estimate of drug-likeness (QED) is 0.0529. The Morgan fingerprint density at radius 1 is 0.462 bits per heavy atom. The number of nitrogens with zero attached hydrogens (tertiary/aromatic N) is 4. The van der Waals surface area contributed by atoms with E-state index in [-0.39, 0.29) is 48.6 Å². The van der Waals surface area contributed by atoms with Gasteiger partial charge in [-0.1, -0.05) is 280 Å². The molecule has 14 rings (SSSR count). The summed E-state index contributed by atoms with van der Waals surface area (Å²) in [6.45, 7) is 19.3. The molecule has 0 amide bonds. The molecule has 0 aliphatic heterocycles. The van der Waals surface area contributed by atoms with Crippen molar-refractivity contribution in [2.75, 3.05) is 0 Å². The fraction of sp³-hybridized carbons (Fsp3) is 0.143. The maximum Gasteiger partial charge on any atom is 0.268 e. The van der Waals surface area contributed by atoms with Crippen molar-refractivity contribution in [2.45, 2.75) is 78.6 Å². The van der Waals surface area contributed by atoms with Crippen molar-refractivity contribution in [3.8, 4) is 62.1 Å². The van der Waals surface area contributed by atoms with Gasteiger partial charge in [0.25, 0.3) is 6.33 Å². The molecule has 11 aromatic carbocycles. The van der Waals surface area contributed by atoms with Crippen LogP contribution >= 0.6 is 0 Å². The minimum atomic E-state index is -6.21. The van der Waals surface area contributed by atoms with Gasteiger partial charge in [0.1, 0.15) is 5.82 Å². The van der Waals surface area contributed by atoms with E-state index in [2.05, 4.69) is 122 Å². The molecular formula is C84H72N4OPtSi-2. The van der Waals surface area contributed by atoms with Gasteiger partial charge in [-0.3, -0.25) is 4.57 Å². The Hall–Kier alpha value is -9.45. The maximum absolute atomic E-state index is 10.8. The second-order valence-electron chi connectivity index (χ2n) is 25.4.